The van der Waals surface area contributed by atoms with E-state index in [9.17, 15) is 0 Å². The molecule has 3 nitrogen and oxygen atoms in total. The zero-order valence-corrected chi connectivity index (χ0v) is 16.1. The van der Waals surface area contributed by atoms with Crippen LogP contribution in [0.25, 0.3) is 0 Å². The Morgan fingerprint density at radius 3 is 2.48 bits per heavy atom. The molecule has 1 N–H and O–H groups in total. The monoisotopic (exact) mass is 403 g/mol. The predicted octanol–water partition coefficient (Wildman–Crippen LogP) is 4.11. The molecule has 0 saturated carbocycles. The van der Waals surface area contributed by atoms with Crippen LogP contribution in [0, 0.1) is 0 Å². The lowest BCUT2D eigenvalue weighted by atomic mass is 10.0. The number of halogens is 1. The van der Waals surface area contributed by atoms with Gasteiger partial charge in [-0.2, -0.15) is 0 Å². The summed E-state index contributed by atoms with van der Waals surface area (Å²) in [5, 5.41) is 3.37. The van der Waals surface area contributed by atoms with Gasteiger partial charge in [0.05, 0.1) is 0 Å². The molecule has 0 aliphatic carbocycles. The highest BCUT2D eigenvalue weighted by Gasteiger charge is 2.07. The molecule has 120 valence electrons. The van der Waals surface area contributed by atoms with E-state index >= 15 is 0 Å². The summed E-state index contributed by atoms with van der Waals surface area (Å²) in [4.78, 5) is 7.00. The molecule has 0 heterocycles. The molecule has 0 aliphatic heterocycles. The minimum atomic E-state index is 0. The third-order valence-corrected chi connectivity index (χ3v) is 3.43. The third-order valence-electron chi connectivity index (χ3n) is 3.43. The van der Waals surface area contributed by atoms with Gasteiger partial charge in [0.2, 0.25) is 0 Å². The number of hydrogen-bond donors (Lipinski definition) is 1. The van der Waals surface area contributed by atoms with Crippen LogP contribution in [-0.4, -0.2) is 37.5 Å². The summed E-state index contributed by atoms with van der Waals surface area (Å²) < 4.78 is 0. The molecule has 0 radical (unpaired) electrons. The molecule has 1 aromatic rings. The maximum absolute atomic E-state index is 4.77. The lowest BCUT2D eigenvalue weighted by Gasteiger charge is -2.22. The number of nitrogens with one attached hydrogen (secondary N) is 1. The smallest absolute Gasteiger partial charge is 0.193 e. The first kappa shape index (κ1) is 20.2. The number of aliphatic imine (C=N–C) groups is 1. The average molecular weight is 403 g/mol. The van der Waals surface area contributed by atoms with Crippen LogP contribution in [0.15, 0.2) is 35.3 Å². The van der Waals surface area contributed by atoms with Crippen molar-refractivity contribution in [2.75, 3.05) is 26.7 Å². The van der Waals surface area contributed by atoms with Crippen molar-refractivity contribution in [2.45, 2.75) is 39.5 Å². The second-order valence-corrected chi connectivity index (χ2v) is 5.28. The van der Waals surface area contributed by atoms with E-state index in [2.05, 4.69) is 68.4 Å². The van der Waals surface area contributed by atoms with Crippen molar-refractivity contribution in [3.8, 4) is 0 Å². The summed E-state index contributed by atoms with van der Waals surface area (Å²) >= 11 is 0. The van der Waals surface area contributed by atoms with Crippen LogP contribution in [0.2, 0.25) is 0 Å². The van der Waals surface area contributed by atoms with Crippen LogP contribution in [0.1, 0.15) is 45.1 Å². The number of guanidine groups is 1. The molecule has 4 heteroatoms. The molecule has 0 spiro atoms. The van der Waals surface area contributed by atoms with Crippen LogP contribution in [-0.2, 0) is 0 Å². The van der Waals surface area contributed by atoms with Gasteiger partial charge in [-0.15, -0.1) is 24.0 Å². The maximum atomic E-state index is 4.77. The van der Waals surface area contributed by atoms with Gasteiger partial charge in [0, 0.05) is 32.6 Å². The molecular formula is C17H30IN3. The highest BCUT2D eigenvalue weighted by Crippen LogP contribution is 2.14. The van der Waals surface area contributed by atoms with E-state index in [1.54, 1.807) is 0 Å². The van der Waals surface area contributed by atoms with E-state index in [1.807, 2.05) is 0 Å². The standard InChI is InChI=1S/C17H29N3.HI/c1-5-7-13-20(4)17(18-6-2)19-14-15(3)16-11-9-8-10-12-16;/h8-12,15H,5-7,13-14H2,1-4H3,(H,18,19);1H. The molecular weight excluding hydrogens is 373 g/mol. The van der Waals surface area contributed by atoms with Crippen molar-refractivity contribution >= 4 is 29.9 Å². The van der Waals surface area contributed by atoms with Gasteiger partial charge in [0.1, 0.15) is 0 Å². The molecule has 1 unspecified atom stereocenters. The van der Waals surface area contributed by atoms with Crippen molar-refractivity contribution in [3.63, 3.8) is 0 Å². The summed E-state index contributed by atoms with van der Waals surface area (Å²) in [7, 11) is 2.12. The highest BCUT2D eigenvalue weighted by molar-refractivity contribution is 14.0. The maximum Gasteiger partial charge on any atom is 0.193 e. The number of hydrogen-bond acceptors (Lipinski definition) is 1. The van der Waals surface area contributed by atoms with Crippen LogP contribution in [0.3, 0.4) is 0 Å². The van der Waals surface area contributed by atoms with Gasteiger partial charge in [-0.25, -0.2) is 0 Å². The lowest BCUT2D eigenvalue weighted by Crippen LogP contribution is -2.39. The molecule has 1 aromatic carbocycles. The van der Waals surface area contributed by atoms with Gasteiger partial charge in [0.25, 0.3) is 0 Å². The van der Waals surface area contributed by atoms with Gasteiger partial charge in [-0.1, -0.05) is 50.6 Å². The van der Waals surface area contributed by atoms with E-state index in [1.165, 1.54) is 18.4 Å². The van der Waals surface area contributed by atoms with E-state index in [0.29, 0.717) is 5.92 Å². The number of nitrogens with zero attached hydrogens (tertiary/aromatic N) is 2. The summed E-state index contributed by atoms with van der Waals surface area (Å²) in [5.74, 6) is 1.47. The first-order valence-corrected chi connectivity index (χ1v) is 7.73. The third kappa shape index (κ3) is 7.69. The van der Waals surface area contributed by atoms with Gasteiger partial charge >= 0.3 is 0 Å². The normalized spacial score (nSPS) is 12.5. The molecule has 0 fully saturated rings. The van der Waals surface area contributed by atoms with Crippen LogP contribution >= 0.6 is 24.0 Å². The summed E-state index contributed by atoms with van der Waals surface area (Å²) in [6, 6.07) is 10.6. The molecule has 0 amide bonds. The quantitative estimate of drug-likeness (QED) is 0.422. The Morgan fingerprint density at radius 2 is 1.90 bits per heavy atom. The van der Waals surface area contributed by atoms with Crippen molar-refractivity contribution in [1.82, 2.24) is 10.2 Å². The molecule has 0 saturated heterocycles. The SMILES string of the molecule is CCCCN(C)C(=NCC(C)c1ccccc1)NCC.I. The van der Waals surface area contributed by atoms with Gasteiger partial charge < -0.3 is 10.2 Å². The van der Waals surface area contributed by atoms with Crippen molar-refractivity contribution < 1.29 is 0 Å². The first-order valence-electron chi connectivity index (χ1n) is 7.73. The Morgan fingerprint density at radius 1 is 1.24 bits per heavy atom. The Labute approximate surface area is 147 Å². The van der Waals surface area contributed by atoms with Crippen molar-refractivity contribution in [3.05, 3.63) is 35.9 Å². The van der Waals surface area contributed by atoms with Gasteiger partial charge in [-0.3, -0.25) is 4.99 Å². The minimum Gasteiger partial charge on any atom is -0.357 e. The fourth-order valence-electron chi connectivity index (χ4n) is 2.08. The van der Waals surface area contributed by atoms with E-state index in [4.69, 9.17) is 4.99 Å². The molecule has 1 atom stereocenters. The second-order valence-electron chi connectivity index (χ2n) is 5.28. The Balaban J connectivity index is 0.00000400. The summed E-state index contributed by atoms with van der Waals surface area (Å²) in [5.41, 5.74) is 1.35. The number of unbranched alkanes of at least 4 members (excludes halogenated alkanes) is 1. The van der Waals surface area contributed by atoms with E-state index in [0.717, 1.165) is 25.6 Å². The second kappa shape index (κ2) is 11.8. The topological polar surface area (TPSA) is 27.6 Å². The fraction of sp³-hybridized carbons (Fsp3) is 0.588. The predicted molar refractivity (Wildman–Crippen MR) is 104 cm³/mol. The minimum absolute atomic E-state index is 0. The largest absolute Gasteiger partial charge is 0.357 e. The summed E-state index contributed by atoms with van der Waals surface area (Å²) in [6.45, 7) is 9.35. The number of benzene rings is 1. The van der Waals surface area contributed by atoms with Gasteiger partial charge in [-0.05, 0) is 18.9 Å². The van der Waals surface area contributed by atoms with Crippen LogP contribution < -0.4 is 5.32 Å². The van der Waals surface area contributed by atoms with E-state index < -0.39 is 0 Å². The lowest BCUT2D eigenvalue weighted by molar-refractivity contribution is 0.464. The highest BCUT2D eigenvalue weighted by atomic mass is 127. The molecule has 0 bridgehead atoms. The molecule has 0 aliphatic rings. The molecule has 21 heavy (non-hydrogen) atoms. The Hall–Kier alpha value is -0.780. The Bertz CT molecular complexity index is 392. The van der Waals surface area contributed by atoms with Crippen LogP contribution in [0.5, 0.6) is 0 Å². The van der Waals surface area contributed by atoms with Gasteiger partial charge in [0.15, 0.2) is 5.96 Å². The summed E-state index contributed by atoms with van der Waals surface area (Å²) in [6.07, 6.45) is 2.42. The Kier molecular flexibility index (Phi) is 11.4. The molecule has 1 rings (SSSR count). The fourth-order valence-corrected chi connectivity index (χ4v) is 2.08. The zero-order valence-electron chi connectivity index (χ0n) is 13.8. The van der Waals surface area contributed by atoms with Crippen LogP contribution in [0.4, 0.5) is 0 Å². The average Bonchev–Trinajstić information content (AvgIpc) is 2.49. The first-order chi connectivity index (χ1) is 9.69. The molecule has 0 aromatic heterocycles. The van der Waals surface area contributed by atoms with Crippen molar-refractivity contribution in [1.29, 1.82) is 0 Å². The van der Waals surface area contributed by atoms with Crippen molar-refractivity contribution in [2.24, 2.45) is 4.99 Å². The van der Waals surface area contributed by atoms with E-state index in [-0.39, 0.29) is 24.0 Å². The zero-order chi connectivity index (χ0) is 14.8. The number of rotatable bonds is 7.